The first-order valence-corrected chi connectivity index (χ1v) is 13.0. The number of hydrogen-bond acceptors (Lipinski definition) is 6. The second-order valence-electron chi connectivity index (χ2n) is 7.78. The first-order valence-electron chi connectivity index (χ1n) is 10.4. The van der Waals surface area contributed by atoms with E-state index >= 15 is 0 Å². The van der Waals surface area contributed by atoms with Crippen molar-refractivity contribution in [3.8, 4) is 11.5 Å². The minimum absolute atomic E-state index is 0.0676. The number of benzene rings is 3. The van der Waals surface area contributed by atoms with Crippen molar-refractivity contribution in [2.75, 3.05) is 17.6 Å². The van der Waals surface area contributed by atoms with E-state index in [0.717, 1.165) is 9.87 Å². The van der Waals surface area contributed by atoms with Crippen molar-refractivity contribution < 1.29 is 22.7 Å². The first kappa shape index (κ1) is 25.0. The van der Waals surface area contributed by atoms with Crippen molar-refractivity contribution in [1.29, 1.82) is 0 Å². The normalized spacial score (nSPS) is 12.7. The minimum atomic E-state index is -4.05. The zero-order chi connectivity index (χ0) is 25.2. The van der Waals surface area contributed by atoms with E-state index in [9.17, 15) is 13.2 Å². The van der Waals surface area contributed by atoms with E-state index in [0.29, 0.717) is 37.8 Å². The van der Waals surface area contributed by atoms with Gasteiger partial charge in [-0.05, 0) is 77.8 Å². The summed E-state index contributed by atoms with van der Waals surface area (Å²) in [5, 5.41) is 4.44. The second kappa shape index (κ2) is 10.3. The molecule has 11 heteroatoms. The number of anilines is 1. The van der Waals surface area contributed by atoms with Crippen LogP contribution < -0.4 is 19.2 Å². The number of amides is 1. The maximum Gasteiger partial charge on any atom is 0.264 e. The topological polar surface area (TPSA) is 97.3 Å². The summed E-state index contributed by atoms with van der Waals surface area (Å²) < 4.78 is 39.4. The predicted molar refractivity (Wildman–Crippen MR) is 138 cm³/mol. The highest BCUT2D eigenvalue weighted by atomic mass is 79.9. The van der Waals surface area contributed by atoms with Crippen LogP contribution in [0.25, 0.3) is 0 Å². The highest BCUT2D eigenvalue weighted by Crippen LogP contribution is 2.36. The molecule has 0 saturated carbocycles. The number of hydrogen-bond donors (Lipinski definition) is 1. The molecule has 182 valence electrons. The SMILES string of the molecule is Cc1ccc(S(=O)(=O)N(CC(=O)N/N=C\c2cc3c(cc2Br)OCO3)c2ccc(Cl)cc2C)cc1. The van der Waals surface area contributed by atoms with Crippen LogP contribution in [0.5, 0.6) is 11.5 Å². The molecule has 35 heavy (non-hydrogen) atoms. The van der Waals surface area contributed by atoms with E-state index in [1.165, 1.54) is 18.3 Å². The van der Waals surface area contributed by atoms with Gasteiger partial charge in [0.05, 0.1) is 16.8 Å². The average Bonchev–Trinajstić information content (AvgIpc) is 3.25. The lowest BCUT2D eigenvalue weighted by atomic mass is 10.2. The highest BCUT2D eigenvalue weighted by Gasteiger charge is 2.28. The van der Waals surface area contributed by atoms with Gasteiger partial charge in [-0.25, -0.2) is 13.8 Å². The number of fused-ring (bicyclic) bond motifs is 1. The van der Waals surface area contributed by atoms with Crippen LogP contribution in [-0.4, -0.2) is 33.9 Å². The van der Waals surface area contributed by atoms with Crippen molar-refractivity contribution >= 4 is 55.4 Å². The molecular formula is C24H21BrClN3O5S. The molecule has 1 amide bonds. The van der Waals surface area contributed by atoms with Gasteiger partial charge in [0.2, 0.25) is 6.79 Å². The number of hydrazone groups is 1. The van der Waals surface area contributed by atoms with Crippen LogP contribution in [0.4, 0.5) is 5.69 Å². The van der Waals surface area contributed by atoms with E-state index in [2.05, 4.69) is 26.5 Å². The molecule has 3 aromatic rings. The minimum Gasteiger partial charge on any atom is -0.454 e. The summed E-state index contributed by atoms with van der Waals surface area (Å²) >= 11 is 9.48. The van der Waals surface area contributed by atoms with E-state index in [-0.39, 0.29) is 11.7 Å². The molecule has 1 heterocycles. The van der Waals surface area contributed by atoms with Crippen LogP contribution in [0.3, 0.4) is 0 Å². The Morgan fingerprint density at radius 2 is 1.80 bits per heavy atom. The van der Waals surface area contributed by atoms with Gasteiger partial charge in [-0.15, -0.1) is 0 Å². The summed E-state index contributed by atoms with van der Waals surface area (Å²) in [6.07, 6.45) is 1.43. The number of nitrogens with one attached hydrogen (secondary N) is 1. The third-order valence-electron chi connectivity index (χ3n) is 5.21. The summed E-state index contributed by atoms with van der Waals surface area (Å²) in [7, 11) is -4.05. The Kier molecular flexibility index (Phi) is 7.34. The van der Waals surface area contributed by atoms with E-state index in [4.69, 9.17) is 21.1 Å². The summed E-state index contributed by atoms with van der Waals surface area (Å²) in [6.45, 7) is 3.24. The molecule has 0 saturated heterocycles. The van der Waals surface area contributed by atoms with Gasteiger partial charge in [-0.3, -0.25) is 9.10 Å². The van der Waals surface area contributed by atoms with Gasteiger partial charge in [-0.2, -0.15) is 5.10 Å². The monoisotopic (exact) mass is 577 g/mol. The standard InChI is InChI=1S/C24H21BrClN3O5S/c1-15-3-6-19(7-4-15)35(31,32)29(21-8-5-18(26)9-16(21)2)13-24(30)28-27-12-17-10-22-23(11-20(17)25)34-14-33-22/h3-12H,13-14H2,1-2H3,(H,28,30)/b27-12-. The van der Waals surface area contributed by atoms with Crippen molar-refractivity contribution in [1.82, 2.24) is 5.43 Å². The lowest BCUT2D eigenvalue weighted by Gasteiger charge is -2.25. The predicted octanol–water partition coefficient (Wildman–Crippen LogP) is 4.79. The third-order valence-corrected chi connectivity index (χ3v) is 7.90. The average molecular weight is 579 g/mol. The van der Waals surface area contributed by atoms with Crippen LogP contribution in [0.2, 0.25) is 5.02 Å². The van der Waals surface area contributed by atoms with Gasteiger partial charge >= 0.3 is 0 Å². The Hall–Kier alpha value is -3.08. The molecule has 8 nitrogen and oxygen atoms in total. The fourth-order valence-electron chi connectivity index (χ4n) is 3.41. The fourth-order valence-corrected chi connectivity index (χ4v) is 5.54. The molecule has 3 aromatic carbocycles. The molecule has 0 radical (unpaired) electrons. The Morgan fingerprint density at radius 1 is 1.11 bits per heavy atom. The van der Waals surface area contributed by atoms with Crippen molar-refractivity contribution in [2.24, 2.45) is 5.10 Å². The summed E-state index contributed by atoms with van der Waals surface area (Å²) in [4.78, 5) is 12.9. The number of nitrogens with zero attached hydrogens (tertiary/aromatic N) is 2. The molecule has 0 atom stereocenters. The van der Waals surface area contributed by atoms with Crippen molar-refractivity contribution in [2.45, 2.75) is 18.7 Å². The summed E-state index contributed by atoms with van der Waals surface area (Å²) in [5.41, 5.74) is 4.90. The molecule has 0 fully saturated rings. The van der Waals surface area contributed by atoms with Crippen molar-refractivity contribution in [3.63, 3.8) is 0 Å². The number of aryl methyl sites for hydroxylation is 2. The molecule has 4 rings (SSSR count). The lowest BCUT2D eigenvalue weighted by Crippen LogP contribution is -2.40. The smallest absolute Gasteiger partial charge is 0.264 e. The van der Waals surface area contributed by atoms with Gasteiger partial charge in [-0.1, -0.05) is 29.3 Å². The molecule has 1 aliphatic heterocycles. The van der Waals surface area contributed by atoms with E-state index < -0.39 is 22.5 Å². The number of carbonyl (C=O) groups is 1. The van der Waals surface area contributed by atoms with E-state index in [1.807, 2.05) is 6.92 Å². The van der Waals surface area contributed by atoms with Crippen LogP contribution in [0.1, 0.15) is 16.7 Å². The van der Waals surface area contributed by atoms with Crippen LogP contribution in [0.15, 0.2) is 69.1 Å². The second-order valence-corrected chi connectivity index (χ2v) is 10.9. The largest absolute Gasteiger partial charge is 0.454 e. The zero-order valence-corrected chi connectivity index (χ0v) is 21.9. The Labute approximate surface area is 216 Å². The third kappa shape index (κ3) is 5.61. The van der Waals surface area contributed by atoms with Crippen LogP contribution in [-0.2, 0) is 14.8 Å². The molecule has 0 spiro atoms. The molecular weight excluding hydrogens is 558 g/mol. The van der Waals surface area contributed by atoms with Gasteiger partial charge in [0.15, 0.2) is 11.5 Å². The molecule has 1 aliphatic rings. The van der Waals surface area contributed by atoms with Gasteiger partial charge in [0.1, 0.15) is 6.54 Å². The fraction of sp³-hybridized carbons (Fsp3) is 0.167. The molecule has 0 bridgehead atoms. The van der Waals surface area contributed by atoms with Gasteiger partial charge in [0.25, 0.3) is 15.9 Å². The number of carbonyl (C=O) groups excluding carboxylic acids is 1. The first-order chi connectivity index (χ1) is 16.6. The molecule has 0 aliphatic carbocycles. The maximum atomic E-state index is 13.5. The number of sulfonamides is 1. The Balaban J connectivity index is 1.58. The Bertz CT molecular complexity index is 1410. The Morgan fingerprint density at radius 3 is 2.49 bits per heavy atom. The van der Waals surface area contributed by atoms with Crippen LogP contribution in [0, 0.1) is 13.8 Å². The van der Waals surface area contributed by atoms with E-state index in [1.54, 1.807) is 49.4 Å². The quantitative estimate of drug-likeness (QED) is 0.321. The molecule has 0 aromatic heterocycles. The van der Waals surface area contributed by atoms with Gasteiger partial charge < -0.3 is 9.47 Å². The molecule has 1 N–H and O–H groups in total. The van der Waals surface area contributed by atoms with Crippen LogP contribution >= 0.6 is 27.5 Å². The highest BCUT2D eigenvalue weighted by molar-refractivity contribution is 9.10. The number of halogens is 2. The molecule has 0 unspecified atom stereocenters. The summed E-state index contributed by atoms with van der Waals surface area (Å²) in [6, 6.07) is 14.7. The zero-order valence-electron chi connectivity index (χ0n) is 18.8. The number of rotatable bonds is 7. The summed E-state index contributed by atoms with van der Waals surface area (Å²) in [5.74, 6) is 0.547. The maximum absolute atomic E-state index is 13.5. The van der Waals surface area contributed by atoms with Gasteiger partial charge in [0, 0.05) is 15.1 Å². The number of ether oxygens (including phenoxy) is 2. The lowest BCUT2D eigenvalue weighted by molar-refractivity contribution is -0.119. The van der Waals surface area contributed by atoms with Crippen molar-refractivity contribution in [3.05, 3.63) is 80.8 Å².